The molecular formula is C11H14N2O2. The number of hydrogen-bond acceptors (Lipinski definition) is 3. The van der Waals surface area contributed by atoms with Gasteiger partial charge >= 0.3 is 0 Å². The molecule has 1 N–H and O–H groups in total. The monoisotopic (exact) mass is 206 g/mol. The van der Waals surface area contributed by atoms with Gasteiger partial charge in [-0.2, -0.15) is 0 Å². The van der Waals surface area contributed by atoms with Gasteiger partial charge in [-0.25, -0.2) is 0 Å². The zero-order valence-corrected chi connectivity index (χ0v) is 8.69. The number of nitro groups is 1. The second kappa shape index (κ2) is 3.98. The van der Waals surface area contributed by atoms with Crippen LogP contribution in [0.15, 0.2) is 18.2 Å². The minimum atomic E-state index is -0.328. The van der Waals surface area contributed by atoms with Crippen molar-refractivity contribution < 1.29 is 4.92 Å². The molecule has 1 aromatic carbocycles. The molecule has 1 heterocycles. The number of nitrogens with zero attached hydrogens (tertiary/aromatic N) is 1. The predicted molar refractivity (Wildman–Crippen MR) is 57.8 cm³/mol. The molecule has 1 fully saturated rings. The first kappa shape index (κ1) is 10.1. The average Bonchev–Trinajstić information content (AvgIpc) is 2.69. The molecule has 80 valence electrons. The van der Waals surface area contributed by atoms with Crippen molar-refractivity contribution in [3.63, 3.8) is 0 Å². The second-order valence-corrected chi connectivity index (χ2v) is 4.01. The van der Waals surface area contributed by atoms with E-state index in [-0.39, 0.29) is 10.6 Å². The number of non-ortho nitro benzene ring substituents is 1. The highest BCUT2D eigenvalue weighted by Gasteiger charge is 2.18. The van der Waals surface area contributed by atoms with E-state index < -0.39 is 0 Å². The van der Waals surface area contributed by atoms with Crippen LogP contribution in [0.3, 0.4) is 0 Å². The average molecular weight is 206 g/mol. The van der Waals surface area contributed by atoms with Gasteiger partial charge in [0.1, 0.15) is 0 Å². The Labute approximate surface area is 88.5 Å². The molecule has 1 aliphatic rings. The summed E-state index contributed by atoms with van der Waals surface area (Å²) in [5.74, 6) is 0. The van der Waals surface area contributed by atoms with E-state index in [1.165, 1.54) is 0 Å². The Balaban J connectivity index is 2.34. The molecule has 1 unspecified atom stereocenters. The third-order valence-corrected chi connectivity index (χ3v) is 2.76. The summed E-state index contributed by atoms with van der Waals surface area (Å²) in [5.41, 5.74) is 2.19. The van der Waals surface area contributed by atoms with Crippen LogP contribution in [0.5, 0.6) is 0 Å². The molecule has 15 heavy (non-hydrogen) atoms. The predicted octanol–water partition coefficient (Wildman–Crippen LogP) is 2.33. The van der Waals surface area contributed by atoms with Crippen LogP contribution < -0.4 is 5.32 Å². The Morgan fingerprint density at radius 3 is 2.87 bits per heavy atom. The van der Waals surface area contributed by atoms with Crippen molar-refractivity contribution in [3.8, 4) is 0 Å². The largest absolute Gasteiger partial charge is 0.310 e. The van der Waals surface area contributed by atoms with Gasteiger partial charge in [0.05, 0.1) is 4.92 Å². The number of nitrogens with one attached hydrogen (secondary N) is 1. The quantitative estimate of drug-likeness (QED) is 0.596. The van der Waals surface area contributed by atoms with Crippen molar-refractivity contribution in [2.24, 2.45) is 0 Å². The number of hydrogen-bond donors (Lipinski definition) is 1. The van der Waals surface area contributed by atoms with Gasteiger partial charge in [-0.15, -0.1) is 0 Å². The van der Waals surface area contributed by atoms with Crippen LogP contribution >= 0.6 is 0 Å². The lowest BCUT2D eigenvalue weighted by Gasteiger charge is -2.10. The second-order valence-electron chi connectivity index (χ2n) is 4.01. The van der Waals surface area contributed by atoms with Gasteiger partial charge < -0.3 is 5.32 Å². The molecule has 4 heteroatoms. The van der Waals surface area contributed by atoms with Gasteiger partial charge in [-0.05, 0) is 37.4 Å². The Kier molecular flexibility index (Phi) is 2.68. The molecule has 1 saturated heterocycles. The van der Waals surface area contributed by atoms with Crippen molar-refractivity contribution in [1.29, 1.82) is 0 Å². The van der Waals surface area contributed by atoms with Gasteiger partial charge in [0.15, 0.2) is 0 Å². The van der Waals surface area contributed by atoms with Gasteiger partial charge in [0, 0.05) is 18.2 Å². The third-order valence-electron chi connectivity index (χ3n) is 2.76. The van der Waals surface area contributed by atoms with Crippen LogP contribution in [-0.4, -0.2) is 11.5 Å². The molecular weight excluding hydrogens is 192 g/mol. The SMILES string of the molecule is Cc1cc(C2CCCN2)cc([N+](=O)[O-])c1. The van der Waals surface area contributed by atoms with Crippen LogP contribution in [0.25, 0.3) is 0 Å². The standard InChI is InChI=1S/C11H14N2O2/c1-8-5-9(11-3-2-4-12-11)7-10(6-8)13(14)15/h5-7,11-12H,2-4H2,1H3. The van der Waals surface area contributed by atoms with E-state index in [0.29, 0.717) is 6.04 Å². The summed E-state index contributed by atoms with van der Waals surface area (Å²) >= 11 is 0. The van der Waals surface area contributed by atoms with Crippen LogP contribution in [0.4, 0.5) is 5.69 Å². The fourth-order valence-corrected chi connectivity index (χ4v) is 2.07. The Hall–Kier alpha value is -1.42. The number of rotatable bonds is 2. The summed E-state index contributed by atoms with van der Waals surface area (Å²) in [5, 5.41) is 14.0. The normalized spacial score (nSPS) is 20.5. The van der Waals surface area contributed by atoms with Gasteiger partial charge in [-0.3, -0.25) is 10.1 Å². The zero-order valence-electron chi connectivity index (χ0n) is 8.69. The highest BCUT2D eigenvalue weighted by Crippen LogP contribution is 2.27. The van der Waals surface area contributed by atoms with E-state index in [1.54, 1.807) is 12.1 Å². The Bertz CT molecular complexity index is 384. The lowest BCUT2D eigenvalue weighted by Crippen LogP contribution is -2.13. The maximum Gasteiger partial charge on any atom is 0.270 e. The van der Waals surface area contributed by atoms with E-state index in [2.05, 4.69) is 5.32 Å². The molecule has 1 aliphatic heterocycles. The summed E-state index contributed by atoms with van der Waals surface area (Å²) in [6.07, 6.45) is 2.22. The van der Waals surface area contributed by atoms with Crippen LogP contribution in [-0.2, 0) is 0 Å². The first-order valence-electron chi connectivity index (χ1n) is 5.16. The zero-order chi connectivity index (χ0) is 10.8. The molecule has 1 aromatic rings. The van der Waals surface area contributed by atoms with E-state index in [0.717, 1.165) is 30.5 Å². The molecule has 1 atom stereocenters. The van der Waals surface area contributed by atoms with Crippen molar-refractivity contribution in [1.82, 2.24) is 5.32 Å². The first-order valence-corrected chi connectivity index (χ1v) is 5.16. The number of benzene rings is 1. The number of nitro benzene ring substituents is 1. The third kappa shape index (κ3) is 2.15. The molecule has 0 aliphatic carbocycles. The van der Waals surface area contributed by atoms with Crippen molar-refractivity contribution in [2.45, 2.75) is 25.8 Å². The molecule has 0 amide bonds. The van der Waals surface area contributed by atoms with Crippen molar-refractivity contribution in [3.05, 3.63) is 39.4 Å². The van der Waals surface area contributed by atoms with E-state index >= 15 is 0 Å². The summed E-state index contributed by atoms with van der Waals surface area (Å²) < 4.78 is 0. The minimum absolute atomic E-state index is 0.193. The maximum atomic E-state index is 10.7. The molecule has 2 rings (SSSR count). The molecule has 0 bridgehead atoms. The molecule has 4 nitrogen and oxygen atoms in total. The lowest BCUT2D eigenvalue weighted by molar-refractivity contribution is -0.385. The molecule has 0 spiro atoms. The fraction of sp³-hybridized carbons (Fsp3) is 0.455. The van der Waals surface area contributed by atoms with Gasteiger partial charge in [0.25, 0.3) is 5.69 Å². The van der Waals surface area contributed by atoms with Crippen LogP contribution in [0.1, 0.15) is 30.0 Å². The van der Waals surface area contributed by atoms with E-state index in [9.17, 15) is 10.1 Å². The Morgan fingerprint density at radius 2 is 2.27 bits per heavy atom. The van der Waals surface area contributed by atoms with Crippen molar-refractivity contribution in [2.75, 3.05) is 6.54 Å². The lowest BCUT2D eigenvalue weighted by atomic mass is 10.0. The van der Waals surface area contributed by atoms with Crippen LogP contribution in [0.2, 0.25) is 0 Å². The summed E-state index contributed by atoms with van der Waals surface area (Å²) in [6, 6.07) is 5.60. The van der Waals surface area contributed by atoms with Crippen LogP contribution in [0, 0.1) is 17.0 Å². The fourth-order valence-electron chi connectivity index (χ4n) is 2.07. The highest BCUT2D eigenvalue weighted by molar-refractivity contribution is 5.40. The first-order chi connectivity index (χ1) is 7.16. The molecule has 0 aromatic heterocycles. The highest BCUT2D eigenvalue weighted by atomic mass is 16.6. The maximum absolute atomic E-state index is 10.7. The van der Waals surface area contributed by atoms with E-state index in [1.807, 2.05) is 13.0 Å². The summed E-state index contributed by atoms with van der Waals surface area (Å²) in [4.78, 5) is 10.4. The smallest absolute Gasteiger partial charge is 0.270 e. The minimum Gasteiger partial charge on any atom is -0.310 e. The van der Waals surface area contributed by atoms with E-state index in [4.69, 9.17) is 0 Å². The summed E-state index contributed by atoms with van der Waals surface area (Å²) in [7, 11) is 0. The van der Waals surface area contributed by atoms with Gasteiger partial charge in [0.2, 0.25) is 0 Å². The van der Waals surface area contributed by atoms with Gasteiger partial charge in [-0.1, -0.05) is 6.07 Å². The summed E-state index contributed by atoms with van der Waals surface area (Å²) in [6.45, 7) is 2.90. The number of aryl methyl sites for hydroxylation is 1. The Morgan fingerprint density at radius 1 is 1.47 bits per heavy atom. The molecule has 0 saturated carbocycles. The molecule has 0 radical (unpaired) electrons. The topological polar surface area (TPSA) is 55.2 Å². The van der Waals surface area contributed by atoms with Crippen molar-refractivity contribution >= 4 is 5.69 Å².